The van der Waals surface area contributed by atoms with E-state index in [1.54, 1.807) is 0 Å². The topological polar surface area (TPSA) is 60.1 Å². The number of piperazine rings is 1. The Balaban J connectivity index is 0.00000176. The predicted octanol–water partition coefficient (Wildman–Crippen LogP) is 4.83. The maximum Gasteiger partial charge on any atom is 0.407 e. The van der Waals surface area contributed by atoms with Gasteiger partial charge in [-0.05, 0) is 95.6 Å². The van der Waals surface area contributed by atoms with Gasteiger partial charge < -0.3 is 20.3 Å². The minimum absolute atomic E-state index is 0.194. The van der Waals surface area contributed by atoms with Gasteiger partial charge in [-0.25, -0.2) is 9.10 Å². The molecule has 1 aromatic rings. The van der Waals surface area contributed by atoms with Crippen LogP contribution in [0.5, 0.6) is 0 Å². The first-order valence-corrected chi connectivity index (χ1v) is 14.8. The van der Waals surface area contributed by atoms with Crippen LogP contribution in [0.3, 0.4) is 0 Å². The first-order chi connectivity index (χ1) is 17.3. The van der Waals surface area contributed by atoms with Crippen LogP contribution in [0.15, 0.2) is 29.2 Å². The van der Waals surface area contributed by atoms with Crippen LogP contribution in [0.25, 0.3) is 0 Å². The van der Waals surface area contributed by atoms with Crippen LogP contribution >= 0.6 is 11.9 Å². The number of hydrogen-bond donors (Lipinski definition) is 2. The predicted molar refractivity (Wildman–Crippen MR) is 152 cm³/mol. The minimum Gasteiger partial charge on any atom is -0.444 e. The molecular weight excluding hydrogens is 470 g/mol. The summed E-state index contributed by atoms with van der Waals surface area (Å²) in [6, 6.07) is 9.20. The molecule has 3 fully saturated rings. The molecule has 1 amide bonds. The van der Waals surface area contributed by atoms with Crippen molar-refractivity contribution in [3.63, 3.8) is 0 Å². The second-order valence-electron chi connectivity index (χ2n) is 10.9. The highest BCUT2D eigenvalue weighted by atomic mass is 32.2. The van der Waals surface area contributed by atoms with Crippen molar-refractivity contribution in [1.82, 2.24) is 19.8 Å². The van der Waals surface area contributed by atoms with Gasteiger partial charge in [-0.3, -0.25) is 4.90 Å². The zero-order chi connectivity index (χ0) is 26.0. The highest BCUT2D eigenvalue weighted by molar-refractivity contribution is 7.97. The third kappa shape index (κ3) is 9.77. The molecule has 1 aromatic carbocycles. The van der Waals surface area contributed by atoms with Gasteiger partial charge >= 0.3 is 6.09 Å². The smallest absolute Gasteiger partial charge is 0.407 e. The molecule has 0 aliphatic carbocycles. The molecule has 2 N–H and O–H groups in total. The van der Waals surface area contributed by atoms with E-state index in [2.05, 4.69) is 49.0 Å². The van der Waals surface area contributed by atoms with Gasteiger partial charge in [0.2, 0.25) is 0 Å². The summed E-state index contributed by atoms with van der Waals surface area (Å²) < 4.78 is 7.82. The molecule has 0 aromatic heterocycles. The lowest BCUT2D eigenvalue weighted by Crippen LogP contribution is -2.48. The average Bonchev–Trinajstić information content (AvgIpc) is 2.87. The van der Waals surface area contributed by atoms with Crippen molar-refractivity contribution in [3.05, 3.63) is 24.3 Å². The summed E-state index contributed by atoms with van der Waals surface area (Å²) in [7, 11) is 0. The summed E-state index contributed by atoms with van der Waals surface area (Å²) in [6.07, 6.45) is 4.25. The number of ether oxygens (including phenoxy) is 1. The number of carbonyl (C=O) groups excluding carboxylic acids is 1. The molecule has 3 saturated heterocycles. The second kappa shape index (κ2) is 14.5. The molecule has 36 heavy (non-hydrogen) atoms. The van der Waals surface area contributed by atoms with Gasteiger partial charge in [0.1, 0.15) is 5.60 Å². The Morgan fingerprint density at radius 2 is 1.69 bits per heavy atom. The molecule has 3 heterocycles. The first-order valence-electron chi connectivity index (χ1n) is 14.0. The highest BCUT2D eigenvalue weighted by Crippen LogP contribution is 2.30. The fourth-order valence-corrected chi connectivity index (χ4v) is 6.07. The van der Waals surface area contributed by atoms with Crippen LogP contribution in [-0.4, -0.2) is 85.8 Å². The summed E-state index contributed by atoms with van der Waals surface area (Å²) in [6.45, 7) is 19.8. The molecular formula is C28H49N5O2S. The minimum atomic E-state index is -0.453. The highest BCUT2D eigenvalue weighted by Gasteiger charge is 2.25. The number of carbonyl (C=O) groups is 1. The number of anilines is 1. The first kappa shape index (κ1) is 29.1. The number of nitrogens with one attached hydrogen (secondary N) is 2. The molecule has 8 heteroatoms. The van der Waals surface area contributed by atoms with E-state index in [0.717, 1.165) is 44.9 Å². The second-order valence-corrected chi connectivity index (χ2v) is 12.1. The third-order valence-electron chi connectivity index (χ3n) is 6.94. The SMILES string of the molecule is CC.CC(C)(C)OC(=O)NC1CCN(Sc2cccc(N3CCN(CC4CCNCC4)CC3)c2)CC1. The van der Waals surface area contributed by atoms with Gasteiger partial charge in [-0.2, -0.15) is 0 Å². The maximum absolute atomic E-state index is 12.0. The Kier molecular flexibility index (Phi) is 11.7. The van der Waals surface area contributed by atoms with Crippen LogP contribution in [0.4, 0.5) is 10.5 Å². The van der Waals surface area contributed by atoms with Crippen LogP contribution in [0.2, 0.25) is 0 Å². The monoisotopic (exact) mass is 519 g/mol. The van der Waals surface area contributed by atoms with E-state index in [-0.39, 0.29) is 12.1 Å². The van der Waals surface area contributed by atoms with E-state index in [9.17, 15) is 4.79 Å². The van der Waals surface area contributed by atoms with Crippen LogP contribution < -0.4 is 15.5 Å². The van der Waals surface area contributed by atoms with E-state index in [1.807, 2.05) is 46.6 Å². The van der Waals surface area contributed by atoms with E-state index in [1.165, 1.54) is 56.1 Å². The van der Waals surface area contributed by atoms with Crippen molar-refractivity contribution >= 4 is 23.7 Å². The standard InChI is InChI=1S/C26H43N5O2S.C2H6/c1-26(2,3)33-25(32)28-22-9-13-31(14-10-22)34-24-6-4-5-23(19-24)30-17-15-29(16-18-30)20-21-7-11-27-12-8-21;1-2/h4-6,19,21-22,27H,7-18,20H2,1-3H3,(H,28,32);1-2H3. The average molecular weight is 520 g/mol. The lowest BCUT2D eigenvalue weighted by Gasteiger charge is -2.38. The molecule has 4 rings (SSSR count). The Morgan fingerprint density at radius 1 is 1.03 bits per heavy atom. The lowest BCUT2D eigenvalue weighted by atomic mass is 9.97. The van der Waals surface area contributed by atoms with Crippen LogP contribution in [0.1, 0.15) is 60.3 Å². The van der Waals surface area contributed by atoms with Crippen molar-refractivity contribution in [2.45, 2.75) is 76.8 Å². The van der Waals surface area contributed by atoms with Crippen molar-refractivity contribution in [2.75, 3.05) is 63.8 Å². The van der Waals surface area contributed by atoms with Crippen molar-refractivity contribution < 1.29 is 9.53 Å². The summed E-state index contributed by atoms with van der Waals surface area (Å²) in [4.78, 5) is 18.6. The van der Waals surface area contributed by atoms with E-state index < -0.39 is 5.60 Å². The number of alkyl carbamates (subject to hydrolysis) is 1. The van der Waals surface area contributed by atoms with Gasteiger partial charge in [0.05, 0.1) is 0 Å². The lowest BCUT2D eigenvalue weighted by molar-refractivity contribution is 0.0490. The molecule has 7 nitrogen and oxygen atoms in total. The summed E-state index contributed by atoms with van der Waals surface area (Å²) in [5, 5.41) is 6.51. The van der Waals surface area contributed by atoms with E-state index >= 15 is 0 Å². The molecule has 0 radical (unpaired) electrons. The molecule has 0 unspecified atom stereocenters. The summed E-state index contributed by atoms with van der Waals surface area (Å²) in [5.74, 6) is 0.871. The summed E-state index contributed by atoms with van der Waals surface area (Å²) >= 11 is 1.84. The Hall–Kier alpha value is -1.48. The fraction of sp³-hybridized carbons (Fsp3) is 0.750. The zero-order valence-electron chi connectivity index (χ0n) is 23.2. The quantitative estimate of drug-likeness (QED) is 0.522. The number of rotatable bonds is 6. The van der Waals surface area contributed by atoms with Gasteiger partial charge in [0.15, 0.2) is 0 Å². The number of benzene rings is 1. The molecule has 0 atom stereocenters. The third-order valence-corrected chi connectivity index (χ3v) is 8.03. The number of hydrogen-bond acceptors (Lipinski definition) is 7. The molecule has 0 saturated carbocycles. The molecule has 3 aliphatic heterocycles. The van der Waals surface area contributed by atoms with Gasteiger partial charge in [0.25, 0.3) is 0 Å². The normalized spacial score (nSPS) is 21.0. The van der Waals surface area contributed by atoms with Gasteiger partial charge in [-0.15, -0.1) is 0 Å². The maximum atomic E-state index is 12.0. The van der Waals surface area contributed by atoms with Crippen LogP contribution in [0, 0.1) is 5.92 Å². The zero-order valence-corrected chi connectivity index (χ0v) is 24.0. The van der Waals surface area contributed by atoms with Crippen molar-refractivity contribution in [2.24, 2.45) is 5.92 Å². The number of nitrogens with zero attached hydrogens (tertiary/aromatic N) is 3. The Labute approximate surface area is 223 Å². The number of piperidine rings is 2. The Morgan fingerprint density at radius 3 is 2.33 bits per heavy atom. The Bertz CT molecular complexity index is 780. The molecule has 0 bridgehead atoms. The fourth-order valence-electron chi connectivity index (χ4n) is 5.07. The van der Waals surface area contributed by atoms with Gasteiger partial charge in [0, 0.05) is 62.4 Å². The molecule has 3 aliphatic rings. The molecule has 204 valence electrons. The summed E-state index contributed by atoms with van der Waals surface area (Å²) in [5.41, 5.74) is 0.888. The van der Waals surface area contributed by atoms with E-state index in [0.29, 0.717) is 0 Å². The number of amides is 1. The molecule has 0 spiro atoms. The largest absolute Gasteiger partial charge is 0.444 e. The van der Waals surface area contributed by atoms with E-state index in [4.69, 9.17) is 4.74 Å². The van der Waals surface area contributed by atoms with Crippen molar-refractivity contribution in [3.8, 4) is 0 Å². The van der Waals surface area contributed by atoms with Crippen LogP contribution in [-0.2, 0) is 4.74 Å². The van der Waals surface area contributed by atoms with Crippen molar-refractivity contribution in [1.29, 1.82) is 0 Å². The van der Waals surface area contributed by atoms with Gasteiger partial charge in [-0.1, -0.05) is 19.9 Å².